The number of carbonyl (C=O) groups excluding carboxylic acids is 1. The fraction of sp³-hybridized carbons (Fsp3) is 0.381. The van der Waals surface area contributed by atoms with Gasteiger partial charge in [-0.05, 0) is 19.4 Å². The number of nitrogens with zero attached hydrogens (tertiary/aromatic N) is 3. The number of aryl methyl sites for hydroxylation is 1. The number of aromatic nitrogens is 3. The van der Waals surface area contributed by atoms with E-state index in [1.807, 2.05) is 11.5 Å². The highest BCUT2D eigenvalue weighted by Crippen LogP contribution is 2.36. The van der Waals surface area contributed by atoms with Crippen molar-refractivity contribution < 1.29 is 14.3 Å². The molecule has 166 valence electrons. The van der Waals surface area contributed by atoms with Gasteiger partial charge in [-0.3, -0.25) is 4.79 Å². The van der Waals surface area contributed by atoms with Gasteiger partial charge in [0.1, 0.15) is 11.5 Å². The molecule has 0 bridgehead atoms. The third kappa shape index (κ3) is 5.53. The Morgan fingerprint density at radius 2 is 1.97 bits per heavy atom. The summed E-state index contributed by atoms with van der Waals surface area (Å²) in [6.07, 6.45) is 2.17. The van der Waals surface area contributed by atoms with Gasteiger partial charge in [-0.15, -0.1) is 21.5 Å². The van der Waals surface area contributed by atoms with E-state index in [2.05, 4.69) is 33.9 Å². The second-order valence-electron chi connectivity index (χ2n) is 6.63. The zero-order valence-corrected chi connectivity index (χ0v) is 20.3. The topological polar surface area (TPSA) is 78.3 Å². The molecule has 2 aromatic heterocycles. The van der Waals surface area contributed by atoms with E-state index < -0.39 is 0 Å². The van der Waals surface area contributed by atoms with Crippen molar-refractivity contribution in [3.05, 3.63) is 33.5 Å². The number of hydrogen-bond acceptors (Lipinski definition) is 7. The summed E-state index contributed by atoms with van der Waals surface area (Å²) in [7, 11) is 3.03. The number of halogens is 1. The minimum atomic E-state index is -0.194. The molecule has 0 saturated carbocycles. The average molecular weight is 481 g/mol. The molecule has 0 aliphatic rings. The monoisotopic (exact) mass is 480 g/mol. The van der Waals surface area contributed by atoms with Crippen molar-refractivity contribution in [2.45, 2.75) is 38.4 Å². The largest absolute Gasteiger partial charge is 0.495 e. The molecule has 31 heavy (non-hydrogen) atoms. The first-order valence-corrected chi connectivity index (χ1v) is 12.1. The van der Waals surface area contributed by atoms with E-state index in [0.29, 0.717) is 33.9 Å². The maximum Gasteiger partial charge on any atom is 0.234 e. The van der Waals surface area contributed by atoms with E-state index in [1.165, 1.54) is 30.9 Å². The molecule has 3 aromatic rings. The number of nitrogens with one attached hydrogen (secondary N) is 1. The Kier molecular flexibility index (Phi) is 8.22. The molecule has 10 heteroatoms. The SMILES string of the molecule is CCCc1cc(-c2nnc(SCC(=O)Nc3cc(OC)c(Cl)cc3OC)n2CC)cs1. The van der Waals surface area contributed by atoms with Crippen molar-refractivity contribution in [1.82, 2.24) is 14.8 Å². The van der Waals surface area contributed by atoms with Gasteiger partial charge in [0.15, 0.2) is 11.0 Å². The number of thiophene rings is 1. The first-order chi connectivity index (χ1) is 15.0. The highest BCUT2D eigenvalue weighted by molar-refractivity contribution is 7.99. The predicted octanol–water partition coefficient (Wildman–Crippen LogP) is 5.38. The minimum absolute atomic E-state index is 0.178. The molecule has 0 spiro atoms. The summed E-state index contributed by atoms with van der Waals surface area (Å²) in [4.78, 5) is 13.9. The van der Waals surface area contributed by atoms with Gasteiger partial charge in [0.2, 0.25) is 5.91 Å². The van der Waals surface area contributed by atoms with E-state index in [4.69, 9.17) is 21.1 Å². The van der Waals surface area contributed by atoms with Crippen molar-refractivity contribution in [1.29, 1.82) is 0 Å². The number of methoxy groups -OCH3 is 2. The van der Waals surface area contributed by atoms with Crippen LogP contribution in [0.15, 0.2) is 28.7 Å². The van der Waals surface area contributed by atoms with Gasteiger partial charge < -0.3 is 19.4 Å². The maximum absolute atomic E-state index is 12.6. The van der Waals surface area contributed by atoms with Crippen LogP contribution in [0.2, 0.25) is 5.02 Å². The Bertz CT molecular complexity index is 1050. The maximum atomic E-state index is 12.6. The Balaban J connectivity index is 1.70. The molecule has 0 radical (unpaired) electrons. The molecule has 0 fully saturated rings. The van der Waals surface area contributed by atoms with Gasteiger partial charge >= 0.3 is 0 Å². The average Bonchev–Trinajstić information content (AvgIpc) is 3.39. The van der Waals surface area contributed by atoms with Gasteiger partial charge in [-0.2, -0.15) is 0 Å². The van der Waals surface area contributed by atoms with Crippen molar-refractivity contribution in [3.63, 3.8) is 0 Å². The van der Waals surface area contributed by atoms with Gasteiger partial charge in [0.25, 0.3) is 0 Å². The van der Waals surface area contributed by atoms with Gasteiger partial charge in [0, 0.05) is 34.5 Å². The lowest BCUT2D eigenvalue weighted by atomic mass is 10.2. The highest BCUT2D eigenvalue weighted by atomic mass is 35.5. The smallest absolute Gasteiger partial charge is 0.234 e. The van der Waals surface area contributed by atoms with Crippen LogP contribution in [0.5, 0.6) is 11.5 Å². The van der Waals surface area contributed by atoms with Crippen LogP contribution in [-0.2, 0) is 17.8 Å². The van der Waals surface area contributed by atoms with Gasteiger partial charge in [-0.25, -0.2) is 0 Å². The lowest BCUT2D eigenvalue weighted by molar-refractivity contribution is -0.113. The van der Waals surface area contributed by atoms with Crippen LogP contribution < -0.4 is 14.8 Å². The lowest BCUT2D eigenvalue weighted by Gasteiger charge is -2.13. The minimum Gasteiger partial charge on any atom is -0.495 e. The molecule has 3 rings (SSSR count). The fourth-order valence-electron chi connectivity index (χ4n) is 3.04. The van der Waals surface area contributed by atoms with Crippen molar-refractivity contribution >= 4 is 46.3 Å². The van der Waals surface area contributed by atoms with E-state index in [0.717, 1.165) is 24.2 Å². The Hall–Kier alpha value is -2.23. The number of amides is 1. The number of anilines is 1. The van der Waals surface area contributed by atoms with E-state index in [1.54, 1.807) is 23.5 Å². The van der Waals surface area contributed by atoms with E-state index in [-0.39, 0.29) is 11.7 Å². The Morgan fingerprint density at radius 3 is 2.65 bits per heavy atom. The standard InChI is InChI=1S/C21H25ClN4O3S2/c1-5-7-14-8-13(11-30-14)20-24-25-21(26(20)6-2)31-12-19(27)23-16-10-17(28-3)15(22)9-18(16)29-4/h8-11H,5-7,12H2,1-4H3,(H,23,27). The molecule has 1 aromatic carbocycles. The predicted molar refractivity (Wildman–Crippen MR) is 127 cm³/mol. The molecule has 0 saturated heterocycles. The van der Waals surface area contributed by atoms with Crippen LogP contribution in [0.1, 0.15) is 25.1 Å². The molecule has 0 aliphatic carbocycles. The zero-order chi connectivity index (χ0) is 22.4. The normalized spacial score (nSPS) is 10.9. The summed E-state index contributed by atoms with van der Waals surface area (Å²) in [6.45, 7) is 4.93. The van der Waals surface area contributed by atoms with Crippen LogP contribution in [0.25, 0.3) is 11.4 Å². The molecule has 1 N–H and O–H groups in total. The number of hydrogen-bond donors (Lipinski definition) is 1. The summed E-state index contributed by atoms with van der Waals surface area (Å²) in [6, 6.07) is 5.42. The van der Waals surface area contributed by atoms with Crippen LogP contribution in [0.4, 0.5) is 5.69 Å². The molecular formula is C21H25ClN4O3S2. The Labute approximate surface area is 195 Å². The second kappa shape index (κ2) is 10.9. The molecule has 0 unspecified atom stereocenters. The summed E-state index contributed by atoms with van der Waals surface area (Å²) < 4.78 is 12.6. The van der Waals surface area contributed by atoms with Crippen molar-refractivity contribution in [2.75, 3.05) is 25.3 Å². The van der Waals surface area contributed by atoms with E-state index in [9.17, 15) is 4.79 Å². The summed E-state index contributed by atoms with van der Waals surface area (Å²) >= 11 is 9.21. The van der Waals surface area contributed by atoms with Crippen LogP contribution >= 0.6 is 34.7 Å². The second-order valence-corrected chi connectivity index (χ2v) is 8.97. The van der Waals surface area contributed by atoms with Gasteiger partial charge in [0.05, 0.1) is 30.7 Å². The number of carbonyl (C=O) groups is 1. The van der Waals surface area contributed by atoms with Crippen molar-refractivity contribution in [2.24, 2.45) is 0 Å². The molecule has 0 aliphatic heterocycles. The summed E-state index contributed by atoms with van der Waals surface area (Å²) in [5, 5.41) is 14.8. The fourth-order valence-corrected chi connectivity index (χ4v) is 5.05. The zero-order valence-electron chi connectivity index (χ0n) is 17.9. The quantitative estimate of drug-likeness (QED) is 0.392. The number of benzene rings is 1. The molecule has 1 amide bonds. The summed E-state index contributed by atoms with van der Waals surface area (Å²) in [5.41, 5.74) is 1.56. The van der Waals surface area contributed by atoms with Crippen molar-refractivity contribution in [3.8, 4) is 22.9 Å². The van der Waals surface area contributed by atoms with E-state index >= 15 is 0 Å². The number of thioether (sulfide) groups is 1. The van der Waals surface area contributed by atoms with Crippen LogP contribution in [0.3, 0.4) is 0 Å². The molecule has 7 nitrogen and oxygen atoms in total. The lowest BCUT2D eigenvalue weighted by Crippen LogP contribution is -2.15. The Morgan fingerprint density at radius 1 is 1.19 bits per heavy atom. The number of rotatable bonds is 10. The molecule has 2 heterocycles. The third-order valence-electron chi connectivity index (χ3n) is 4.52. The van der Waals surface area contributed by atoms with Crippen LogP contribution in [0, 0.1) is 0 Å². The third-order valence-corrected chi connectivity index (χ3v) is 6.78. The molecule has 0 atom stereocenters. The van der Waals surface area contributed by atoms with Crippen LogP contribution in [-0.4, -0.2) is 40.6 Å². The highest BCUT2D eigenvalue weighted by Gasteiger charge is 2.17. The number of ether oxygens (including phenoxy) is 2. The molecular weight excluding hydrogens is 456 g/mol. The van der Waals surface area contributed by atoms with Gasteiger partial charge in [-0.1, -0.05) is 36.7 Å². The summed E-state index contributed by atoms with van der Waals surface area (Å²) in [5.74, 6) is 1.73. The first-order valence-electron chi connectivity index (χ1n) is 9.85. The first kappa shape index (κ1) is 23.4.